The Bertz CT molecular complexity index is 791. The summed E-state index contributed by atoms with van der Waals surface area (Å²) in [6.45, 7) is 1.91. The van der Waals surface area contributed by atoms with E-state index in [2.05, 4.69) is 14.9 Å². The van der Waals surface area contributed by atoms with Crippen molar-refractivity contribution in [2.45, 2.75) is 37.6 Å². The number of fused-ring (bicyclic) bond motifs is 1. The number of primary amides is 1. The summed E-state index contributed by atoms with van der Waals surface area (Å²) in [7, 11) is 0. The maximum atomic E-state index is 11.6. The van der Waals surface area contributed by atoms with Crippen LogP contribution < -0.4 is 11.1 Å². The second-order valence-electron chi connectivity index (χ2n) is 6.40. The lowest BCUT2D eigenvalue weighted by molar-refractivity contribution is 0.0996. The highest BCUT2D eigenvalue weighted by atomic mass is 35.5. The van der Waals surface area contributed by atoms with E-state index in [4.69, 9.17) is 28.9 Å². The van der Waals surface area contributed by atoms with E-state index in [1.54, 1.807) is 0 Å². The fourth-order valence-corrected chi connectivity index (χ4v) is 4.27. The third kappa shape index (κ3) is 2.51. The Morgan fingerprint density at radius 2 is 2.13 bits per heavy atom. The summed E-state index contributed by atoms with van der Waals surface area (Å²) < 4.78 is 2.21. The molecule has 2 aromatic heterocycles. The smallest absolute Gasteiger partial charge is 0.267 e. The number of piperidine rings is 1. The molecule has 122 valence electrons. The number of nitrogens with two attached hydrogens (primary N) is 1. The van der Waals surface area contributed by atoms with E-state index < -0.39 is 5.91 Å². The molecule has 1 aliphatic carbocycles. The summed E-state index contributed by atoms with van der Waals surface area (Å²) in [4.78, 5) is 16.1. The molecule has 0 aromatic carbocycles. The molecule has 5 nitrogen and oxygen atoms in total. The molecule has 1 saturated carbocycles. The number of pyridine rings is 1. The van der Waals surface area contributed by atoms with E-state index in [1.807, 2.05) is 0 Å². The van der Waals surface area contributed by atoms with Gasteiger partial charge in [-0.2, -0.15) is 0 Å². The molecule has 7 heteroatoms. The van der Waals surface area contributed by atoms with Gasteiger partial charge in [0.05, 0.1) is 15.4 Å². The maximum Gasteiger partial charge on any atom is 0.267 e. The molecule has 0 radical (unpaired) electrons. The van der Waals surface area contributed by atoms with Gasteiger partial charge in [-0.1, -0.05) is 23.2 Å². The van der Waals surface area contributed by atoms with Gasteiger partial charge in [-0.25, -0.2) is 4.98 Å². The van der Waals surface area contributed by atoms with Crippen LogP contribution in [0.25, 0.3) is 11.0 Å². The highest BCUT2D eigenvalue weighted by Crippen LogP contribution is 2.49. The number of carbonyl (C=O) groups excluding carboxylic acids is 1. The predicted molar refractivity (Wildman–Crippen MR) is 91.4 cm³/mol. The van der Waals surface area contributed by atoms with Crippen LogP contribution in [-0.2, 0) is 0 Å². The molecule has 3 N–H and O–H groups in total. The van der Waals surface area contributed by atoms with Gasteiger partial charge < -0.3 is 15.6 Å². The maximum absolute atomic E-state index is 11.6. The molecule has 0 unspecified atom stereocenters. The molecule has 4 rings (SSSR count). The number of hydrogen-bond donors (Lipinski definition) is 2. The normalized spacial score (nSPS) is 21.7. The van der Waals surface area contributed by atoms with Crippen molar-refractivity contribution >= 4 is 40.1 Å². The molecule has 2 aromatic rings. The van der Waals surface area contributed by atoms with Crippen molar-refractivity contribution in [3.63, 3.8) is 0 Å². The Kier molecular flexibility index (Phi) is 3.75. The Labute approximate surface area is 144 Å². The SMILES string of the molecule is NC(=O)c1cc(Cl)c2c(Cl)c(C3CC3)n([C@@H]3CCCNC3)c2n1. The molecule has 1 saturated heterocycles. The van der Waals surface area contributed by atoms with Crippen molar-refractivity contribution in [3.8, 4) is 0 Å². The molecule has 3 heterocycles. The number of rotatable bonds is 3. The van der Waals surface area contributed by atoms with Crippen LogP contribution >= 0.6 is 23.2 Å². The first-order valence-corrected chi connectivity index (χ1v) is 8.74. The van der Waals surface area contributed by atoms with Crippen molar-refractivity contribution in [2.75, 3.05) is 13.1 Å². The first kappa shape index (κ1) is 15.2. The molecule has 23 heavy (non-hydrogen) atoms. The second kappa shape index (κ2) is 5.65. The third-order valence-electron chi connectivity index (χ3n) is 4.74. The van der Waals surface area contributed by atoms with Gasteiger partial charge in [-0.3, -0.25) is 4.79 Å². The average molecular weight is 353 g/mol. The first-order valence-electron chi connectivity index (χ1n) is 7.98. The van der Waals surface area contributed by atoms with Crippen molar-refractivity contribution in [1.82, 2.24) is 14.9 Å². The molecular weight excluding hydrogens is 335 g/mol. The molecule has 1 amide bonds. The van der Waals surface area contributed by atoms with E-state index in [0.29, 0.717) is 21.6 Å². The minimum atomic E-state index is -0.576. The molecule has 2 aliphatic rings. The number of nitrogens with zero attached hydrogens (tertiary/aromatic N) is 2. The van der Waals surface area contributed by atoms with Gasteiger partial charge >= 0.3 is 0 Å². The van der Waals surface area contributed by atoms with Gasteiger partial charge in [-0.15, -0.1) is 0 Å². The van der Waals surface area contributed by atoms with Gasteiger partial charge in [0.25, 0.3) is 5.91 Å². The van der Waals surface area contributed by atoms with Gasteiger partial charge in [-0.05, 0) is 38.3 Å². The Balaban J connectivity index is 1.99. The molecule has 0 bridgehead atoms. The van der Waals surface area contributed by atoms with Crippen molar-refractivity contribution in [2.24, 2.45) is 5.73 Å². The number of nitrogens with one attached hydrogen (secondary N) is 1. The topological polar surface area (TPSA) is 72.9 Å². The highest BCUT2D eigenvalue weighted by molar-refractivity contribution is 6.43. The number of aromatic nitrogens is 2. The summed E-state index contributed by atoms with van der Waals surface area (Å²) in [5.41, 5.74) is 7.39. The van der Waals surface area contributed by atoms with Crippen LogP contribution in [0.4, 0.5) is 0 Å². The van der Waals surface area contributed by atoms with Crippen LogP contribution in [0.5, 0.6) is 0 Å². The molecule has 0 spiro atoms. The Morgan fingerprint density at radius 1 is 1.35 bits per heavy atom. The van der Waals surface area contributed by atoms with E-state index in [0.717, 1.165) is 49.9 Å². The zero-order valence-electron chi connectivity index (χ0n) is 12.6. The van der Waals surface area contributed by atoms with Crippen LogP contribution in [-0.4, -0.2) is 28.5 Å². The van der Waals surface area contributed by atoms with Crippen molar-refractivity contribution in [3.05, 3.63) is 27.5 Å². The summed E-state index contributed by atoms with van der Waals surface area (Å²) in [5, 5.41) is 5.30. The fourth-order valence-electron chi connectivity index (χ4n) is 3.51. The lowest BCUT2D eigenvalue weighted by atomic mass is 10.1. The minimum absolute atomic E-state index is 0.184. The second-order valence-corrected chi connectivity index (χ2v) is 7.18. The first-order chi connectivity index (χ1) is 11.1. The van der Waals surface area contributed by atoms with Crippen molar-refractivity contribution < 1.29 is 4.79 Å². The summed E-state index contributed by atoms with van der Waals surface area (Å²) in [6.07, 6.45) is 4.44. The van der Waals surface area contributed by atoms with Gasteiger partial charge in [0.2, 0.25) is 0 Å². The van der Waals surface area contributed by atoms with Gasteiger partial charge in [0.15, 0.2) is 0 Å². The average Bonchev–Trinajstić information content (AvgIpc) is 3.32. The molecule has 1 atom stereocenters. The standard InChI is InChI=1S/C16H18Cl2N4O/c17-10-6-11(15(19)23)21-16-12(10)13(18)14(8-3-4-8)22(16)9-2-1-5-20-7-9/h6,8-9,20H,1-5,7H2,(H2,19,23)/t9-/m1/s1. The monoisotopic (exact) mass is 352 g/mol. The fraction of sp³-hybridized carbons (Fsp3) is 0.500. The molecule has 2 fully saturated rings. The highest BCUT2D eigenvalue weighted by Gasteiger charge is 2.35. The summed E-state index contributed by atoms with van der Waals surface area (Å²) in [5.74, 6) is -0.112. The quantitative estimate of drug-likeness (QED) is 0.890. The van der Waals surface area contributed by atoms with E-state index in [9.17, 15) is 4.79 Å². The summed E-state index contributed by atoms with van der Waals surface area (Å²) >= 11 is 13.1. The van der Waals surface area contributed by atoms with Crippen LogP contribution in [0, 0.1) is 0 Å². The van der Waals surface area contributed by atoms with E-state index >= 15 is 0 Å². The zero-order valence-corrected chi connectivity index (χ0v) is 14.1. The number of halogens is 2. The van der Waals surface area contributed by atoms with Gasteiger partial charge in [0.1, 0.15) is 11.3 Å². The Morgan fingerprint density at radius 3 is 2.74 bits per heavy atom. The van der Waals surface area contributed by atoms with Crippen LogP contribution in [0.3, 0.4) is 0 Å². The number of carbonyl (C=O) groups is 1. The number of hydrogen-bond acceptors (Lipinski definition) is 3. The molecular formula is C16H18Cl2N4O. The van der Waals surface area contributed by atoms with E-state index in [1.165, 1.54) is 6.07 Å². The number of amides is 1. The zero-order chi connectivity index (χ0) is 16.1. The minimum Gasteiger partial charge on any atom is -0.364 e. The lowest BCUT2D eigenvalue weighted by Gasteiger charge is -2.27. The predicted octanol–water partition coefficient (Wildman–Crippen LogP) is 3.24. The van der Waals surface area contributed by atoms with Crippen LogP contribution in [0.1, 0.15) is 53.8 Å². The summed E-state index contributed by atoms with van der Waals surface area (Å²) in [6, 6.07) is 1.79. The third-order valence-corrected chi connectivity index (χ3v) is 5.42. The largest absolute Gasteiger partial charge is 0.364 e. The van der Waals surface area contributed by atoms with Crippen molar-refractivity contribution in [1.29, 1.82) is 0 Å². The molecule has 1 aliphatic heterocycles. The van der Waals surface area contributed by atoms with Crippen LogP contribution in [0.15, 0.2) is 6.07 Å². The van der Waals surface area contributed by atoms with Gasteiger partial charge in [0, 0.05) is 24.2 Å². The van der Waals surface area contributed by atoms with E-state index in [-0.39, 0.29) is 11.7 Å². The van der Waals surface area contributed by atoms with Crippen LogP contribution in [0.2, 0.25) is 10.0 Å². The Hall–Kier alpha value is -1.30. The lowest BCUT2D eigenvalue weighted by Crippen LogP contribution is -2.32.